The summed E-state index contributed by atoms with van der Waals surface area (Å²) in [5.74, 6) is 0. The lowest BCUT2D eigenvalue weighted by atomic mass is 10.0. The van der Waals surface area contributed by atoms with Crippen LogP contribution in [-0.4, -0.2) is 31.0 Å². The molecule has 0 saturated carbocycles. The largest absolute Gasteiger partial charge is 0.389 e. The molecule has 0 aromatic heterocycles. The average molecular weight is 306 g/mol. The Morgan fingerprint density at radius 3 is 2.68 bits per heavy atom. The van der Waals surface area contributed by atoms with E-state index >= 15 is 0 Å². The topological polar surface area (TPSA) is 41.5 Å². The van der Waals surface area contributed by atoms with E-state index in [-0.39, 0.29) is 6.04 Å². The van der Waals surface area contributed by atoms with Gasteiger partial charge >= 0.3 is 0 Å². The molecule has 0 fully saturated rings. The van der Waals surface area contributed by atoms with Gasteiger partial charge < -0.3 is 15.2 Å². The molecule has 0 bridgehead atoms. The van der Waals surface area contributed by atoms with Gasteiger partial charge in [-0.05, 0) is 31.5 Å². The van der Waals surface area contributed by atoms with Gasteiger partial charge in [0.15, 0.2) is 0 Å². The molecule has 5 heteroatoms. The van der Waals surface area contributed by atoms with E-state index in [0.717, 1.165) is 5.56 Å². The van der Waals surface area contributed by atoms with Crippen molar-refractivity contribution in [1.82, 2.24) is 5.32 Å². The highest BCUT2D eigenvalue weighted by atomic mass is 35.5. The van der Waals surface area contributed by atoms with Crippen LogP contribution in [-0.2, 0) is 4.74 Å². The molecule has 2 atom stereocenters. The van der Waals surface area contributed by atoms with Crippen LogP contribution in [0.1, 0.15) is 31.9 Å². The SMILES string of the molecule is COCCC(C)(O)CNC(C)c1ccc(Cl)cc1Cl. The van der Waals surface area contributed by atoms with Crippen molar-refractivity contribution in [2.45, 2.75) is 31.9 Å². The standard InChI is InChI=1S/C14H21Cl2NO2/c1-10(12-5-4-11(15)8-13(12)16)17-9-14(2,18)6-7-19-3/h4-5,8,10,17-18H,6-7,9H2,1-3H3. The third kappa shape index (κ3) is 5.67. The maximum atomic E-state index is 10.2. The molecule has 1 aromatic rings. The van der Waals surface area contributed by atoms with Crippen LogP contribution in [0.15, 0.2) is 18.2 Å². The van der Waals surface area contributed by atoms with Gasteiger partial charge in [-0.2, -0.15) is 0 Å². The fourth-order valence-corrected chi connectivity index (χ4v) is 2.32. The van der Waals surface area contributed by atoms with Crippen molar-refractivity contribution in [1.29, 1.82) is 0 Å². The molecule has 0 radical (unpaired) electrons. The van der Waals surface area contributed by atoms with Crippen molar-refractivity contribution >= 4 is 23.2 Å². The first-order valence-electron chi connectivity index (χ1n) is 6.25. The molecule has 0 amide bonds. The van der Waals surface area contributed by atoms with Gasteiger partial charge in [-0.1, -0.05) is 29.3 Å². The van der Waals surface area contributed by atoms with Gasteiger partial charge in [0.05, 0.1) is 5.60 Å². The normalized spacial score (nSPS) is 16.1. The van der Waals surface area contributed by atoms with Gasteiger partial charge in [0.2, 0.25) is 0 Å². The molecular formula is C14H21Cl2NO2. The minimum Gasteiger partial charge on any atom is -0.389 e. The summed E-state index contributed by atoms with van der Waals surface area (Å²) in [6.45, 7) is 4.79. The third-order valence-corrected chi connectivity index (χ3v) is 3.63. The minimum absolute atomic E-state index is 0.0405. The zero-order chi connectivity index (χ0) is 14.5. The summed E-state index contributed by atoms with van der Waals surface area (Å²) in [5, 5.41) is 14.7. The Balaban J connectivity index is 2.57. The first-order chi connectivity index (χ1) is 8.85. The fourth-order valence-electron chi connectivity index (χ4n) is 1.75. The maximum absolute atomic E-state index is 10.2. The van der Waals surface area contributed by atoms with Crippen LogP contribution >= 0.6 is 23.2 Å². The Morgan fingerprint density at radius 1 is 1.42 bits per heavy atom. The van der Waals surface area contributed by atoms with Crippen LogP contribution in [0.25, 0.3) is 0 Å². The van der Waals surface area contributed by atoms with Crippen LogP contribution in [0.4, 0.5) is 0 Å². The lowest BCUT2D eigenvalue weighted by Gasteiger charge is -2.26. The summed E-state index contributed by atoms with van der Waals surface area (Å²) in [6, 6.07) is 5.47. The van der Waals surface area contributed by atoms with E-state index in [9.17, 15) is 5.11 Å². The average Bonchev–Trinajstić information content (AvgIpc) is 2.34. The van der Waals surface area contributed by atoms with E-state index in [1.54, 1.807) is 20.1 Å². The van der Waals surface area contributed by atoms with Crippen LogP contribution < -0.4 is 5.32 Å². The molecule has 2 N–H and O–H groups in total. The second-order valence-electron chi connectivity index (χ2n) is 5.01. The second kappa shape index (κ2) is 7.46. The number of halogens is 2. The number of benzene rings is 1. The Morgan fingerprint density at radius 2 is 2.11 bits per heavy atom. The van der Waals surface area contributed by atoms with Crippen molar-refractivity contribution in [3.05, 3.63) is 33.8 Å². The van der Waals surface area contributed by atoms with E-state index in [0.29, 0.717) is 29.6 Å². The van der Waals surface area contributed by atoms with E-state index in [1.807, 2.05) is 19.1 Å². The molecule has 0 heterocycles. The van der Waals surface area contributed by atoms with Crippen molar-refractivity contribution in [3.63, 3.8) is 0 Å². The summed E-state index contributed by atoms with van der Waals surface area (Å²) in [6.07, 6.45) is 0.581. The van der Waals surface area contributed by atoms with Crippen molar-refractivity contribution in [3.8, 4) is 0 Å². The highest BCUT2D eigenvalue weighted by molar-refractivity contribution is 6.35. The first kappa shape index (κ1) is 16.7. The Kier molecular flexibility index (Phi) is 6.57. The van der Waals surface area contributed by atoms with Gasteiger partial charge in [0.1, 0.15) is 0 Å². The number of nitrogens with one attached hydrogen (secondary N) is 1. The molecular weight excluding hydrogens is 285 g/mol. The van der Waals surface area contributed by atoms with Crippen LogP contribution in [0.3, 0.4) is 0 Å². The van der Waals surface area contributed by atoms with Crippen LogP contribution in [0.2, 0.25) is 10.0 Å². The number of methoxy groups -OCH3 is 1. The van der Waals surface area contributed by atoms with Crippen molar-refractivity contribution < 1.29 is 9.84 Å². The highest BCUT2D eigenvalue weighted by Gasteiger charge is 2.21. The van der Waals surface area contributed by atoms with Gasteiger partial charge in [0.25, 0.3) is 0 Å². The molecule has 19 heavy (non-hydrogen) atoms. The molecule has 2 unspecified atom stereocenters. The molecule has 3 nitrogen and oxygen atoms in total. The van der Waals surface area contributed by atoms with Crippen molar-refractivity contribution in [2.75, 3.05) is 20.3 Å². The molecule has 1 rings (SSSR count). The van der Waals surface area contributed by atoms with E-state index in [4.69, 9.17) is 27.9 Å². The van der Waals surface area contributed by atoms with E-state index in [1.165, 1.54) is 0 Å². The molecule has 1 aromatic carbocycles. The van der Waals surface area contributed by atoms with Crippen molar-refractivity contribution in [2.24, 2.45) is 0 Å². The summed E-state index contributed by atoms with van der Waals surface area (Å²) >= 11 is 12.0. The summed E-state index contributed by atoms with van der Waals surface area (Å²) in [4.78, 5) is 0. The zero-order valence-corrected chi connectivity index (χ0v) is 13.1. The number of hydrogen-bond acceptors (Lipinski definition) is 3. The molecule has 108 valence electrons. The lowest BCUT2D eigenvalue weighted by molar-refractivity contribution is 0.0231. The lowest BCUT2D eigenvalue weighted by Crippen LogP contribution is -2.39. The van der Waals surface area contributed by atoms with Crippen LogP contribution in [0, 0.1) is 0 Å². The van der Waals surface area contributed by atoms with Crippen LogP contribution in [0.5, 0.6) is 0 Å². The highest BCUT2D eigenvalue weighted by Crippen LogP contribution is 2.26. The van der Waals surface area contributed by atoms with E-state index in [2.05, 4.69) is 5.32 Å². The quantitative estimate of drug-likeness (QED) is 0.811. The number of hydrogen-bond donors (Lipinski definition) is 2. The molecule has 0 aliphatic heterocycles. The predicted octanol–water partition coefficient (Wildman–Crippen LogP) is 3.43. The second-order valence-corrected chi connectivity index (χ2v) is 5.85. The molecule has 0 spiro atoms. The van der Waals surface area contributed by atoms with Gasteiger partial charge in [-0.15, -0.1) is 0 Å². The predicted molar refractivity (Wildman–Crippen MR) is 80.0 cm³/mol. The van der Waals surface area contributed by atoms with Gasteiger partial charge in [-0.25, -0.2) is 0 Å². The number of ether oxygens (including phenoxy) is 1. The summed E-state index contributed by atoms with van der Waals surface area (Å²) in [7, 11) is 1.62. The minimum atomic E-state index is -0.802. The third-order valence-electron chi connectivity index (χ3n) is 3.06. The monoisotopic (exact) mass is 305 g/mol. The maximum Gasteiger partial charge on any atom is 0.0765 e. The fraction of sp³-hybridized carbons (Fsp3) is 0.571. The molecule has 0 aliphatic carbocycles. The summed E-state index contributed by atoms with van der Waals surface area (Å²) in [5.41, 5.74) is 0.164. The van der Waals surface area contributed by atoms with Gasteiger partial charge in [0, 0.05) is 42.8 Å². The molecule has 0 saturated heterocycles. The zero-order valence-electron chi connectivity index (χ0n) is 11.5. The van der Waals surface area contributed by atoms with E-state index < -0.39 is 5.60 Å². The molecule has 0 aliphatic rings. The summed E-state index contributed by atoms with van der Waals surface area (Å²) < 4.78 is 4.98. The smallest absolute Gasteiger partial charge is 0.0765 e. The Labute approximate surface area is 124 Å². The Hall–Kier alpha value is -0.320. The van der Waals surface area contributed by atoms with Gasteiger partial charge in [-0.3, -0.25) is 0 Å². The Bertz CT molecular complexity index is 410. The first-order valence-corrected chi connectivity index (χ1v) is 7.01. The number of aliphatic hydroxyl groups is 1. The number of rotatable bonds is 7.